The standard InChI is InChI=1S/C32H38O19/c1-10-19(37)23(41)25(43)30(46-10)47-13-6-14(35)18-16(7-13)48-27(11-2-4-12(34)5-3-11)28(22(18)40)50-32-29(20(38)15(36)9-45-32)51-31-26(44)24(42)21(39)17(8-33)49-31/h2-7,10,15,17,19-21,23-26,29-39,41-44H,8-9H2,1H3/t10-,15+,17-,19-,20+,21+,23+,24+,25-,26-,29+,30+,31-,32+/m1/s1. The van der Waals surface area contributed by atoms with E-state index < -0.39 is 122 Å². The van der Waals surface area contributed by atoms with E-state index in [-0.39, 0.29) is 28.4 Å². The Morgan fingerprint density at radius 3 is 2.12 bits per heavy atom. The third-order valence-electron chi connectivity index (χ3n) is 8.90. The van der Waals surface area contributed by atoms with Crippen LogP contribution in [0.2, 0.25) is 0 Å². The van der Waals surface area contributed by atoms with E-state index in [9.17, 15) is 61.0 Å². The fraction of sp³-hybridized carbons (Fsp3) is 0.531. The van der Waals surface area contributed by atoms with Gasteiger partial charge in [-0.15, -0.1) is 0 Å². The topological polar surface area (TPSA) is 308 Å². The lowest BCUT2D eigenvalue weighted by molar-refractivity contribution is -0.348. The zero-order valence-electron chi connectivity index (χ0n) is 26.6. The molecule has 3 saturated heterocycles. The normalized spacial score (nSPS) is 37.3. The molecule has 2 aromatic carbocycles. The van der Waals surface area contributed by atoms with Crippen LogP contribution in [0.15, 0.2) is 45.6 Å². The lowest BCUT2D eigenvalue weighted by atomic mass is 9.99. The summed E-state index contributed by atoms with van der Waals surface area (Å²) < 4.78 is 39.7. The van der Waals surface area contributed by atoms with Crippen molar-refractivity contribution in [2.75, 3.05) is 13.2 Å². The molecule has 19 heteroatoms. The van der Waals surface area contributed by atoms with Gasteiger partial charge in [0.1, 0.15) is 83.2 Å². The fourth-order valence-corrected chi connectivity index (χ4v) is 5.94. The molecule has 6 rings (SSSR count). The zero-order chi connectivity index (χ0) is 36.9. The van der Waals surface area contributed by atoms with Crippen LogP contribution < -0.4 is 14.9 Å². The minimum atomic E-state index is -1.92. The first kappa shape index (κ1) is 37.1. The van der Waals surface area contributed by atoms with Gasteiger partial charge < -0.3 is 89.0 Å². The highest BCUT2D eigenvalue weighted by molar-refractivity contribution is 5.88. The van der Waals surface area contributed by atoms with Crippen LogP contribution in [0.4, 0.5) is 0 Å². The molecule has 14 atom stereocenters. The summed E-state index contributed by atoms with van der Waals surface area (Å²) in [6, 6.07) is 7.41. The van der Waals surface area contributed by atoms with Crippen molar-refractivity contribution in [2.24, 2.45) is 0 Å². The van der Waals surface area contributed by atoms with Crippen LogP contribution >= 0.6 is 0 Å². The van der Waals surface area contributed by atoms with Gasteiger partial charge >= 0.3 is 0 Å². The van der Waals surface area contributed by atoms with Gasteiger partial charge in [0.2, 0.25) is 23.8 Å². The monoisotopic (exact) mass is 726 g/mol. The molecule has 0 radical (unpaired) electrons. The van der Waals surface area contributed by atoms with E-state index >= 15 is 0 Å². The van der Waals surface area contributed by atoms with E-state index in [1.165, 1.54) is 37.3 Å². The fourth-order valence-electron chi connectivity index (χ4n) is 5.94. The van der Waals surface area contributed by atoms with E-state index in [0.29, 0.717) is 0 Å². The number of fused-ring (bicyclic) bond motifs is 1. The molecule has 0 saturated carbocycles. The van der Waals surface area contributed by atoms with Crippen molar-refractivity contribution in [1.29, 1.82) is 0 Å². The van der Waals surface area contributed by atoms with Crippen LogP contribution in [0.3, 0.4) is 0 Å². The van der Waals surface area contributed by atoms with E-state index in [1.54, 1.807) is 0 Å². The third kappa shape index (κ3) is 7.09. The van der Waals surface area contributed by atoms with Gasteiger partial charge in [-0.05, 0) is 31.2 Å². The lowest BCUT2D eigenvalue weighted by Crippen LogP contribution is -2.63. The zero-order valence-corrected chi connectivity index (χ0v) is 26.6. The molecule has 51 heavy (non-hydrogen) atoms. The van der Waals surface area contributed by atoms with E-state index in [1.807, 2.05) is 0 Å². The van der Waals surface area contributed by atoms with E-state index in [0.717, 1.165) is 6.07 Å². The Hall–Kier alpha value is -3.67. The van der Waals surface area contributed by atoms with Gasteiger partial charge in [0.25, 0.3) is 0 Å². The van der Waals surface area contributed by atoms with Gasteiger partial charge in [-0.2, -0.15) is 0 Å². The maximum Gasteiger partial charge on any atom is 0.239 e. The average molecular weight is 727 g/mol. The van der Waals surface area contributed by atoms with Gasteiger partial charge in [-0.1, -0.05) is 0 Å². The summed E-state index contributed by atoms with van der Waals surface area (Å²) >= 11 is 0. The lowest BCUT2D eigenvalue weighted by Gasteiger charge is -2.44. The van der Waals surface area contributed by atoms with Crippen molar-refractivity contribution in [3.63, 3.8) is 0 Å². The summed E-state index contributed by atoms with van der Waals surface area (Å²) in [5.74, 6) is -1.96. The Morgan fingerprint density at radius 1 is 0.765 bits per heavy atom. The number of aliphatic hydroxyl groups is 9. The van der Waals surface area contributed by atoms with Crippen molar-refractivity contribution in [2.45, 2.75) is 92.9 Å². The van der Waals surface area contributed by atoms with Gasteiger partial charge in [0.05, 0.1) is 19.3 Å². The van der Waals surface area contributed by atoms with Crippen molar-refractivity contribution >= 4 is 11.0 Å². The molecule has 19 nitrogen and oxygen atoms in total. The Labute approximate surface area is 287 Å². The predicted molar refractivity (Wildman–Crippen MR) is 165 cm³/mol. The number of hydrogen-bond acceptors (Lipinski definition) is 19. The highest BCUT2D eigenvalue weighted by Gasteiger charge is 2.50. The highest BCUT2D eigenvalue weighted by Crippen LogP contribution is 2.39. The van der Waals surface area contributed by atoms with E-state index in [4.69, 9.17) is 32.8 Å². The van der Waals surface area contributed by atoms with Gasteiger partial charge in [-0.3, -0.25) is 4.79 Å². The summed E-state index contributed by atoms with van der Waals surface area (Å²) in [7, 11) is 0. The van der Waals surface area contributed by atoms with Crippen LogP contribution in [0.5, 0.6) is 23.0 Å². The van der Waals surface area contributed by atoms with Crippen LogP contribution in [-0.4, -0.2) is 155 Å². The van der Waals surface area contributed by atoms with Gasteiger partial charge in [-0.25, -0.2) is 0 Å². The highest BCUT2D eigenvalue weighted by atomic mass is 16.8. The molecular formula is C32H38O19. The van der Waals surface area contributed by atoms with E-state index in [2.05, 4.69) is 0 Å². The first-order valence-corrected chi connectivity index (χ1v) is 15.8. The minimum Gasteiger partial charge on any atom is -0.508 e. The summed E-state index contributed by atoms with van der Waals surface area (Å²) in [5, 5.41) is 113. The van der Waals surface area contributed by atoms with Crippen molar-refractivity contribution in [3.8, 4) is 34.3 Å². The summed E-state index contributed by atoms with van der Waals surface area (Å²) in [5.41, 5.74) is -1.13. The molecule has 0 spiro atoms. The Kier molecular flexibility index (Phi) is 10.7. The molecule has 280 valence electrons. The molecule has 3 aliphatic heterocycles. The predicted octanol–water partition coefficient (Wildman–Crippen LogP) is -3.28. The summed E-state index contributed by atoms with van der Waals surface area (Å²) in [6.45, 7) is 0.104. The van der Waals surface area contributed by atoms with Crippen molar-refractivity contribution < 1.29 is 89.0 Å². The second-order valence-corrected chi connectivity index (χ2v) is 12.4. The summed E-state index contributed by atoms with van der Waals surface area (Å²) in [6.07, 6.45) is -22.8. The molecule has 1 aromatic heterocycles. The molecule has 4 heterocycles. The minimum absolute atomic E-state index is 0.146. The second-order valence-electron chi connectivity index (χ2n) is 12.4. The first-order valence-electron chi connectivity index (χ1n) is 15.8. The second kappa shape index (κ2) is 14.8. The molecule has 0 unspecified atom stereocenters. The van der Waals surface area contributed by atoms with Crippen LogP contribution in [0, 0.1) is 0 Å². The molecule has 0 amide bonds. The number of ether oxygens (including phenoxy) is 6. The van der Waals surface area contributed by atoms with Crippen molar-refractivity contribution in [1.82, 2.24) is 0 Å². The molecule has 3 aliphatic rings. The van der Waals surface area contributed by atoms with Crippen molar-refractivity contribution in [3.05, 3.63) is 46.6 Å². The molecule has 3 aromatic rings. The van der Waals surface area contributed by atoms with Gasteiger partial charge in [0, 0.05) is 17.7 Å². The smallest absolute Gasteiger partial charge is 0.239 e. The third-order valence-corrected chi connectivity index (χ3v) is 8.90. The molecule has 11 N–H and O–H groups in total. The van der Waals surface area contributed by atoms with Crippen LogP contribution in [0.1, 0.15) is 6.92 Å². The Morgan fingerprint density at radius 2 is 1.43 bits per heavy atom. The van der Waals surface area contributed by atoms with Gasteiger partial charge in [0.15, 0.2) is 18.2 Å². The number of benzene rings is 2. The first-order chi connectivity index (χ1) is 24.2. The number of phenols is 2. The molecule has 3 fully saturated rings. The number of aromatic hydroxyl groups is 2. The maximum atomic E-state index is 14.1. The number of rotatable bonds is 8. The molecule has 0 bridgehead atoms. The Balaban J connectivity index is 1.38. The van der Waals surface area contributed by atoms with Crippen LogP contribution in [-0.2, 0) is 18.9 Å². The quantitative estimate of drug-likeness (QED) is 0.108. The average Bonchev–Trinajstić information content (AvgIpc) is 3.10. The molecule has 0 aliphatic carbocycles. The van der Waals surface area contributed by atoms with Crippen LogP contribution in [0.25, 0.3) is 22.3 Å². The maximum absolute atomic E-state index is 14.1. The Bertz CT molecular complexity index is 1730. The summed E-state index contributed by atoms with van der Waals surface area (Å²) in [4.78, 5) is 14.1. The number of hydrogen-bond donors (Lipinski definition) is 11. The SMILES string of the molecule is C[C@H]1O[C@@H](Oc2cc(O)c3c(=O)c(O[C@@H]4OC[C@H](O)[C@H](O)[C@@H]4O[C@H]4O[C@H](CO)[C@H](O)[C@H](O)[C@H]4O)c(-c4ccc(O)cc4)oc3c2)[C@H](O)[C@@H](O)[C@@H]1O. The number of aliphatic hydroxyl groups excluding tert-OH is 9. The molecular weight excluding hydrogens is 688 g/mol. The number of phenolic OH excluding ortho intramolecular Hbond substituents is 2. The largest absolute Gasteiger partial charge is 0.508 e.